The molecule has 5 nitrogen and oxygen atoms in total. The Bertz CT molecular complexity index is 440. The lowest BCUT2D eigenvalue weighted by molar-refractivity contribution is -0.120. The highest BCUT2D eigenvalue weighted by molar-refractivity contribution is 6.17. The molecule has 1 amide bonds. The van der Waals surface area contributed by atoms with Crippen LogP contribution in [0.25, 0.3) is 0 Å². The summed E-state index contributed by atoms with van der Waals surface area (Å²) in [5, 5.41) is 2.85. The van der Waals surface area contributed by atoms with Gasteiger partial charge in [0, 0.05) is 19.0 Å². The molecule has 0 aliphatic rings. The number of amides is 1. The monoisotopic (exact) mass is 315 g/mol. The van der Waals surface area contributed by atoms with Crippen molar-refractivity contribution < 1.29 is 19.0 Å². The van der Waals surface area contributed by atoms with Crippen molar-refractivity contribution in [3.8, 4) is 11.5 Å². The highest BCUT2D eigenvalue weighted by Gasteiger charge is 2.08. The maximum absolute atomic E-state index is 11.8. The summed E-state index contributed by atoms with van der Waals surface area (Å²) in [5.74, 6) is 1.74. The molecule has 0 saturated heterocycles. The molecule has 0 aliphatic heterocycles. The number of methoxy groups -OCH3 is 2. The number of halogens is 1. The van der Waals surface area contributed by atoms with E-state index >= 15 is 0 Å². The first-order valence-electron chi connectivity index (χ1n) is 6.82. The summed E-state index contributed by atoms with van der Waals surface area (Å²) in [7, 11) is 3.15. The Labute approximate surface area is 130 Å². The van der Waals surface area contributed by atoms with Crippen molar-refractivity contribution in [2.75, 3.05) is 39.9 Å². The second-order valence-electron chi connectivity index (χ2n) is 4.37. The molecule has 1 aromatic carbocycles. The van der Waals surface area contributed by atoms with E-state index in [1.807, 2.05) is 12.1 Å². The lowest BCUT2D eigenvalue weighted by Crippen LogP contribution is -2.26. The van der Waals surface area contributed by atoms with Crippen LogP contribution < -0.4 is 14.8 Å². The molecule has 0 spiro atoms. The van der Waals surface area contributed by atoms with Gasteiger partial charge in [0.15, 0.2) is 11.5 Å². The molecule has 0 fully saturated rings. The fourth-order valence-electron chi connectivity index (χ4n) is 1.80. The zero-order chi connectivity index (χ0) is 15.5. The molecule has 0 saturated carbocycles. The second-order valence-corrected chi connectivity index (χ2v) is 4.75. The van der Waals surface area contributed by atoms with E-state index in [1.54, 1.807) is 20.3 Å². The molecular weight excluding hydrogens is 294 g/mol. The normalized spacial score (nSPS) is 10.2. The number of hydrogen-bond donors (Lipinski definition) is 1. The van der Waals surface area contributed by atoms with Crippen molar-refractivity contribution in [1.29, 1.82) is 0 Å². The van der Waals surface area contributed by atoms with E-state index in [1.165, 1.54) is 0 Å². The van der Waals surface area contributed by atoms with E-state index in [2.05, 4.69) is 5.32 Å². The van der Waals surface area contributed by atoms with Gasteiger partial charge in [0.05, 0.1) is 27.2 Å². The average molecular weight is 316 g/mol. The first kappa shape index (κ1) is 17.6. The number of rotatable bonds is 10. The van der Waals surface area contributed by atoms with Gasteiger partial charge >= 0.3 is 0 Å². The Kier molecular flexibility index (Phi) is 8.62. The van der Waals surface area contributed by atoms with E-state index in [-0.39, 0.29) is 5.91 Å². The molecule has 1 rings (SSSR count). The standard InChI is InChI=1S/C15H22ClNO4/c1-19-13-5-4-12(10-14(13)20-2)11-15(18)17-7-3-8-21-9-6-16/h4-5,10H,3,6-9,11H2,1-2H3,(H,17,18). The minimum absolute atomic E-state index is 0.0282. The lowest BCUT2D eigenvalue weighted by Gasteiger charge is -2.10. The topological polar surface area (TPSA) is 56.8 Å². The number of nitrogens with one attached hydrogen (secondary N) is 1. The molecule has 0 aromatic heterocycles. The highest BCUT2D eigenvalue weighted by atomic mass is 35.5. The number of carbonyl (C=O) groups is 1. The fraction of sp³-hybridized carbons (Fsp3) is 0.533. The van der Waals surface area contributed by atoms with Gasteiger partial charge in [-0.25, -0.2) is 0 Å². The number of benzene rings is 1. The number of hydrogen-bond acceptors (Lipinski definition) is 4. The molecule has 1 aromatic rings. The first-order valence-corrected chi connectivity index (χ1v) is 7.36. The summed E-state index contributed by atoms with van der Waals surface area (Å²) in [6.45, 7) is 1.74. The molecule has 1 N–H and O–H groups in total. The van der Waals surface area contributed by atoms with Gasteiger partial charge < -0.3 is 19.5 Å². The van der Waals surface area contributed by atoms with Gasteiger partial charge in [-0.05, 0) is 24.1 Å². The molecular formula is C15H22ClNO4. The molecule has 0 unspecified atom stereocenters. The van der Waals surface area contributed by atoms with Crippen LogP contribution in [0.4, 0.5) is 0 Å². The molecule has 0 heterocycles. The van der Waals surface area contributed by atoms with Gasteiger partial charge in [-0.2, -0.15) is 0 Å². The molecule has 6 heteroatoms. The Hall–Kier alpha value is -1.46. The molecule has 118 valence electrons. The SMILES string of the molecule is COc1ccc(CC(=O)NCCCOCCCl)cc1OC. The predicted molar refractivity (Wildman–Crippen MR) is 82.4 cm³/mol. The predicted octanol–water partition coefficient (Wildman–Crippen LogP) is 2.01. The zero-order valence-corrected chi connectivity index (χ0v) is 13.2. The van der Waals surface area contributed by atoms with Crippen LogP contribution >= 0.6 is 11.6 Å². The van der Waals surface area contributed by atoms with Crippen molar-refractivity contribution in [1.82, 2.24) is 5.32 Å². The van der Waals surface area contributed by atoms with Crippen LogP contribution in [-0.2, 0) is 16.0 Å². The highest BCUT2D eigenvalue weighted by Crippen LogP contribution is 2.27. The summed E-state index contributed by atoms with van der Waals surface area (Å²) in [6, 6.07) is 5.45. The number of ether oxygens (including phenoxy) is 3. The summed E-state index contributed by atoms with van der Waals surface area (Å²) in [4.78, 5) is 11.8. The third kappa shape index (κ3) is 6.69. The summed E-state index contributed by atoms with van der Waals surface area (Å²) in [5.41, 5.74) is 0.878. The van der Waals surface area contributed by atoms with E-state index in [0.29, 0.717) is 43.6 Å². The van der Waals surface area contributed by atoms with Crippen molar-refractivity contribution in [3.05, 3.63) is 23.8 Å². The van der Waals surface area contributed by atoms with E-state index in [4.69, 9.17) is 25.8 Å². The fourth-order valence-corrected chi connectivity index (χ4v) is 1.91. The van der Waals surface area contributed by atoms with Gasteiger partial charge in [-0.1, -0.05) is 6.07 Å². The van der Waals surface area contributed by atoms with Gasteiger partial charge in [-0.3, -0.25) is 4.79 Å². The van der Waals surface area contributed by atoms with E-state index in [9.17, 15) is 4.79 Å². The third-order valence-electron chi connectivity index (χ3n) is 2.82. The van der Waals surface area contributed by atoms with Gasteiger partial charge in [0.2, 0.25) is 5.91 Å². The van der Waals surface area contributed by atoms with Gasteiger partial charge in [0.1, 0.15) is 0 Å². The van der Waals surface area contributed by atoms with Crippen molar-refractivity contribution >= 4 is 17.5 Å². The van der Waals surface area contributed by atoms with Crippen LogP contribution in [-0.4, -0.2) is 45.8 Å². The van der Waals surface area contributed by atoms with Crippen LogP contribution in [0.2, 0.25) is 0 Å². The molecule has 0 bridgehead atoms. The molecule has 21 heavy (non-hydrogen) atoms. The smallest absolute Gasteiger partial charge is 0.224 e. The summed E-state index contributed by atoms with van der Waals surface area (Å²) in [6.07, 6.45) is 1.08. The minimum Gasteiger partial charge on any atom is -0.493 e. The summed E-state index contributed by atoms with van der Waals surface area (Å²) >= 11 is 5.49. The van der Waals surface area contributed by atoms with Crippen LogP contribution in [0.15, 0.2) is 18.2 Å². The van der Waals surface area contributed by atoms with Crippen LogP contribution in [0.5, 0.6) is 11.5 Å². The maximum Gasteiger partial charge on any atom is 0.224 e. The number of carbonyl (C=O) groups excluding carboxylic acids is 1. The van der Waals surface area contributed by atoms with Crippen molar-refractivity contribution in [3.63, 3.8) is 0 Å². The van der Waals surface area contributed by atoms with Crippen molar-refractivity contribution in [2.24, 2.45) is 0 Å². The van der Waals surface area contributed by atoms with Crippen LogP contribution in [0, 0.1) is 0 Å². The minimum atomic E-state index is -0.0282. The molecule has 0 atom stereocenters. The molecule has 0 aliphatic carbocycles. The zero-order valence-electron chi connectivity index (χ0n) is 12.5. The summed E-state index contributed by atoms with van der Waals surface area (Å²) < 4.78 is 15.6. The van der Waals surface area contributed by atoms with Gasteiger partial charge in [0.25, 0.3) is 0 Å². The van der Waals surface area contributed by atoms with Crippen LogP contribution in [0.3, 0.4) is 0 Å². The third-order valence-corrected chi connectivity index (χ3v) is 2.98. The van der Waals surface area contributed by atoms with E-state index < -0.39 is 0 Å². The Morgan fingerprint density at radius 2 is 1.95 bits per heavy atom. The van der Waals surface area contributed by atoms with Gasteiger partial charge in [-0.15, -0.1) is 11.6 Å². The first-order chi connectivity index (χ1) is 10.2. The quantitative estimate of drug-likeness (QED) is 0.530. The Morgan fingerprint density at radius 1 is 1.19 bits per heavy atom. The lowest BCUT2D eigenvalue weighted by atomic mass is 10.1. The Balaban J connectivity index is 2.34. The Morgan fingerprint density at radius 3 is 2.62 bits per heavy atom. The van der Waals surface area contributed by atoms with E-state index in [0.717, 1.165) is 12.0 Å². The number of alkyl halides is 1. The van der Waals surface area contributed by atoms with Crippen LogP contribution in [0.1, 0.15) is 12.0 Å². The van der Waals surface area contributed by atoms with Crippen molar-refractivity contribution in [2.45, 2.75) is 12.8 Å². The second kappa shape index (κ2) is 10.3. The largest absolute Gasteiger partial charge is 0.493 e. The molecule has 0 radical (unpaired) electrons. The average Bonchev–Trinajstić information content (AvgIpc) is 2.50. The maximum atomic E-state index is 11.8.